The van der Waals surface area contributed by atoms with Crippen LogP contribution in [0.1, 0.15) is 51.5 Å². The van der Waals surface area contributed by atoms with E-state index in [4.69, 9.17) is 5.73 Å². The van der Waals surface area contributed by atoms with Crippen LogP contribution < -0.4 is 21.7 Å². The van der Waals surface area contributed by atoms with Crippen molar-refractivity contribution in [2.24, 2.45) is 0 Å². The Kier molecular flexibility index (Phi) is 8.45. The van der Waals surface area contributed by atoms with Gasteiger partial charge in [-0.1, -0.05) is 38.3 Å². The van der Waals surface area contributed by atoms with E-state index in [2.05, 4.69) is 22.9 Å². The number of hydrogen-bond acceptors (Lipinski definition) is 4. The summed E-state index contributed by atoms with van der Waals surface area (Å²) in [6.07, 6.45) is 4.41. The van der Waals surface area contributed by atoms with E-state index in [9.17, 15) is 14.0 Å². The molecule has 0 radical (unpaired) electrons. The molecule has 2 amide bonds. The molecule has 2 aromatic rings. The second kappa shape index (κ2) is 11.0. The summed E-state index contributed by atoms with van der Waals surface area (Å²) in [5, 5.41) is 8.38. The summed E-state index contributed by atoms with van der Waals surface area (Å²) in [7, 11) is 0. The van der Waals surface area contributed by atoms with Gasteiger partial charge in [-0.15, -0.1) is 0 Å². The fourth-order valence-electron chi connectivity index (χ4n) is 2.87. The zero-order valence-electron chi connectivity index (χ0n) is 17.0. The maximum absolute atomic E-state index is 14.6. The van der Waals surface area contributed by atoms with E-state index in [1.165, 1.54) is 6.92 Å². The molecule has 0 atom stereocenters. The van der Waals surface area contributed by atoms with Crippen LogP contribution in [0, 0.1) is 5.82 Å². The number of halogens is 1. The molecule has 5 N–H and O–H groups in total. The maximum Gasteiger partial charge on any atom is 0.224 e. The molecule has 0 spiro atoms. The van der Waals surface area contributed by atoms with Gasteiger partial charge in [0.1, 0.15) is 0 Å². The van der Waals surface area contributed by atoms with Crippen molar-refractivity contribution in [1.29, 1.82) is 0 Å². The lowest BCUT2D eigenvalue weighted by atomic mass is 10.1. The first-order valence-corrected chi connectivity index (χ1v) is 9.89. The Morgan fingerprint density at radius 3 is 2.31 bits per heavy atom. The number of nitrogens with one attached hydrogen (secondary N) is 3. The van der Waals surface area contributed by atoms with Crippen molar-refractivity contribution in [2.75, 3.05) is 21.7 Å². The third-order valence-electron chi connectivity index (χ3n) is 4.47. The van der Waals surface area contributed by atoms with Gasteiger partial charge in [0.2, 0.25) is 11.8 Å². The van der Waals surface area contributed by atoms with Gasteiger partial charge in [-0.05, 0) is 36.2 Å². The third kappa shape index (κ3) is 7.10. The maximum atomic E-state index is 14.6. The minimum absolute atomic E-state index is 0.0853. The van der Waals surface area contributed by atoms with Crippen LogP contribution in [-0.4, -0.2) is 11.8 Å². The third-order valence-corrected chi connectivity index (χ3v) is 4.47. The smallest absolute Gasteiger partial charge is 0.224 e. The van der Waals surface area contributed by atoms with Crippen LogP contribution in [0.3, 0.4) is 0 Å². The zero-order valence-corrected chi connectivity index (χ0v) is 17.0. The Morgan fingerprint density at radius 2 is 1.66 bits per heavy atom. The molecule has 6 nitrogen and oxygen atoms in total. The topological polar surface area (TPSA) is 96.2 Å². The van der Waals surface area contributed by atoms with Crippen molar-refractivity contribution in [3.63, 3.8) is 0 Å². The molecule has 0 unspecified atom stereocenters. The summed E-state index contributed by atoms with van der Waals surface area (Å²) in [4.78, 5) is 23.0. The Hall–Kier alpha value is -3.09. The molecule has 0 bridgehead atoms. The van der Waals surface area contributed by atoms with E-state index in [0.29, 0.717) is 18.7 Å². The molecule has 0 saturated carbocycles. The first-order valence-electron chi connectivity index (χ1n) is 9.89. The van der Waals surface area contributed by atoms with Gasteiger partial charge in [-0.3, -0.25) is 9.59 Å². The predicted octanol–water partition coefficient (Wildman–Crippen LogP) is 4.89. The van der Waals surface area contributed by atoms with Crippen LogP contribution in [-0.2, 0) is 16.1 Å². The number of amides is 2. The average Bonchev–Trinajstić information content (AvgIpc) is 2.69. The molecular formula is C22H29FN4O2. The van der Waals surface area contributed by atoms with Crippen LogP contribution in [0.4, 0.5) is 27.1 Å². The van der Waals surface area contributed by atoms with Gasteiger partial charge in [0.05, 0.1) is 17.1 Å². The summed E-state index contributed by atoms with van der Waals surface area (Å²) in [6, 6.07) is 10.4. The summed E-state index contributed by atoms with van der Waals surface area (Å²) in [5.41, 5.74) is 7.95. The minimum atomic E-state index is -0.594. The Labute approximate surface area is 171 Å². The van der Waals surface area contributed by atoms with Gasteiger partial charge in [-0.25, -0.2) is 4.39 Å². The average molecular weight is 400 g/mol. The fraction of sp³-hybridized carbons (Fsp3) is 0.364. The van der Waals surface area contributed by atoms with Crippen molar-refractivity contribution in [2.45, 2.75) is 52.5 Å². The quantitative estimate of drug-likeness (QED) is 0.337. The van der Waals surface area contributed by atoms with E-state index < -0.39 is 5.82 Å². The van der Waals surface area contributed by atoms with Gasteiger partial charge in [0, 0.05) is 25.6 Å². The van der Waals surface area contributed by atoms with Crippen LogP contribution in [0.2, 0.25) is 0 Å². The van der Waals surface area contributed by atoms with Gasteiger partial charge in [0.25, 0.3) is 0 Å². The molecule has 0 aliphatic carbocycles. The van der Waals surface area contributed by atoms with Crippen molar-refractivity contribution < 1.29 is 14.0 Å². The van der Waals surface area contributed by atoms with Gasteiger partial charge >= 0.3 is 0 Å². The van der Waals surface area contributed by atoms with Crippen LogP contribution >= 0.6 is 0 Å². The molecule has 0 aliphatic heterocycles. The number of carbonyl (C=O) groups excluding carboxylic acids is 2. The summed E-state index contributed by atoms with van der Waals surface area (Å²) in [5.74, 6) is -0.891. The number of nitrogens with two attached hydrogens (primary N) is 1. The molecule has 29 heavy (non-hydrogen) atoms. The number of unbranched alkanes of at least 4 members (excludes halogenated alkanes) is 3. The molecular weight excluding hydrogens is 371 g/mol. The standard InChI is InChI=1S/C22H29FN4O2/c1-3-4-5-6-7-20(29)27-19-13-12-18(21(23)22(19)24)25-14-16-8-10-17(11-9-16)26-15(2)28/h8-13,25H,3-7,14,24H2,1-2H3,(H,26,28)(H,27,29). The lowest BCUT2D eigenvalue weighted by Crippen LogP contribution is -2.14. The number of anilines is 4. The largest absolute Gasteiger partial charge is 0.395 e. The van der Waals surface area contributed by atoms with Gasteiger partial charge in [-0.2, -0.15) is 0 Å². The molecule has 7 heteroatoms. The number of carbonyl (C=O) groups is 2. The number of benzene rings is 2. The zero-order chi connectivity index (χ0) is 21.2. The van der Waals surface area contributed by atoms with E-state index in [-0.39, 0.29) is 28.9 Å². The number of nitrogen functional groups attached to an aromatic ring is 1. The number of rotatable bonds is 10. The molecule has 156 valence electrons. The van der Waals surface area contributed by atoms with Crippen LogP contribution in [0.25, 0.3) is 0 Å². The number of hydrogen-bond donors (Lipinski definition) is 4. The molecule has 0 saturated heterocycles. The Morgan fingerprint density at radius 1 is 0.966 bits per heavy atom. The lowest BCUT2D eigenvalue weighted by Gasteiger charge is -2.13. The van der Waals surface area contributed by atoms with Crippen molar-refractivity contribution in [3.05, 3.63) is 47.8 Å². The van der Waals surface area contributed by atoms with Crippen molar-refractivity contribution in [3.8, 4) is 0 Å². The van der Waals surface area contributed by atoms with Gasteiger partial charge in [0.15, 0.2) is 5.82 Å². The second-order valence-electron chi connectivity index (χ2n) is 6.98. The first kappa shape index (κ1) is 22.2. The molecule has 0 heterocycles. The Balaban J connectivity index is 1.93. The lowest BCUT2D eigenvalue weighted by molar-refractivity contribution is -0.116. The van der Waals surface area contributed by atoms with Gasteiger partial charge < -0.3 is 21.7 Å². The monoisotopic (exact) mass is 400 g/mol. The Bertz CT molecular complexity index is 837. The minimum Gasteiger partial charge on any atom is -0.395 e. The van der Waals surface area contributed by atoms with E-state index in [0.717, 1.165) is 31.2 Å². The van der Waals surface area contributed by atoms with E-state index >= 15 is 0 Å². The summed E-state index contributed by atoms with van der Waals surface area (Å²) < 4.78 is 14.6. The molecule has 0 aromatic heterocycles. The van der Waals surface area contributed by atoms with Crippen LogP contribution in [0.5, 0.6) is 0 Å². The highest BCUT2D eigenvalue weighted by atomic mass is 19.1. The highest BCUT2D eigenvalue weighted by Crippen LogP contribution is 2.28. The highest BCUT2D eigenvalue weighted by Gasteiger charge is 2.13. The van der Waals surface area contributed by atoms with E-state index in [1.807, 2.05) is 12.1 Å². The first-order chi connectivity index (χ1) is 13.9. The van der Waals surface area contributed by atoms with Crippen molar-refractivity contribution in [1.82, 2.24) is 0 Å². The molecule has 0 fully saturated rings. The molecule has 2 aromatic carbocycles. The highest BCUT2D eigenvalue weighted by molar-refractivity contribution is 5.94. The molecule has 0 aliphatic rings. The van der Waals surface area contributed by atoms with Crippen LogP contribution in [0.15, 0.2) is 36.4 Å². The normalized spacial score (nSPS) is 10.4. The van der Waals surface area contributed by atoms with E-state index in [1.54, 1.807) is 24.3 Å². The fourth-order valence-corrected chi connectivity index (χ4v) is 2.87. The summed E-state index contributed by atoms with van der Waals surface area (Å²) in [6.45, 7) is 3.95. The SMILES string of the molecule is CCCCCCC(=O)Nc1ccc(NCc2ccc(NC(C)=O)cc2)c(F)c1N. The second-order valence-corrected chi connectivity index (χ2v) is 6.98. The summed E-state index contributed by atoms with van der Waals surface area (Å²) >= 11 is 0. The molecule has 2 rings (SSSR count). The van der Waals surface area contributed by atoms with Crippen molar-refractivity contribution >= 4 is 34.6 Å². The predicted molar refractivity (Wildman–Crippen MR) is 116 cm³/mol.